The van der Waals surface area contributed by atoms with Gasteiger partial charge in [-0.1, -0.05) is 23.2 Å². The van der Waals surface area contributed by atoms with Gasteiger partial charge in [0.05, 0.1) is 28.3 Å². The predicted octanol–water partition coefficient (Wildman–Crippen LogP) is 4.39. The highest BCUT2D eigenvalue weighted by atomic mass is 35.5. The van der Waals surface area contributed by atoms with Gasteiger partial charge in [0.15, 0.2) is 5.82 Å². The maximum Gasteiger partial charge on any atom is 0.277 e. The molecule has 0 radical (unpaired) electrons. The zero-order valence-electron chi connectivity index (χ0n) is 15.4. The van der Waals surface area contributed by atoms with E-state index in [-0.39, 0.29) is 11.6 Å². The lowest BCUT2D eigenvalue weighted by molar-refractivity contribution is 0.0995. The normalized spacial score (nSPS) is 10.9. The molecule has 0 saturated heterocycles. The Morgan fingerprint density at radius 3 is 2.80 bits per heavy atom. The molecule has 0 atom stereocenters. The van der Waals surface area contributed by atoms with Crippen LogP contribution in [0.1, 0.15) is 16.1 Å². The first-order valence-electron chi connectivity index (χ1n) is 8.85. The molecule has 4 aromatic rings. The van der Waals surface area contributed by atoms with Gasteiger partial charge in [-0.25, -0.2) is 0 Å². The van der Waals surface area contributed by atoms with Crippen molar-refractivity contribution in [1.29, 1.82) is 0 Å². The quantitative estimate of drug-likeness (QED) is 0.434. The summed E-state index contributed by atoms with van der Waals surface area (Å²) in [5.41, 5.74) is 7.49. The maximum atomic E-state index is 11.2. The minimum atomic E-state index is -0.578. The number of halogens is 2. The fourth-order valence-electron chi connectivity index (χ4n) is 2.78. The Hall–Kier alpha value is -3.36. The van der Waals surface area contributed by atoms with Gasteiger partial charge in [-0.3, -0.25) is 9.78 Å². The van der Waals surface area contributed by atoms with E-state index in [2.05, 4.69) is 20.5 Å². The Labute approximate surface area is 181 Å². The Balaban J connectivity index is 1.49. The van der Waals surface area contributed by atoms with Gasteiger partial charge in [0.2, 0.25) is 5.58 Å². The molecule has 4 rings (SSSR count). The third-order valence-electron chi connectivity index (χ3n) is 4.24. The molecule has 1 amide bonds. The molecule has 0 aliphatic rings. The molecule has 0 spiro atoms. The summed E-state index contributed by atoms with van der Waals surface area (Å²) in [4.78, 5) is 15.2. The van der Waals surface area contributed by atoms with Crippen LogP contribution in [0.2, 0.25) is 10.0 Å². The van der Waals surface area contributed by atoms with E-state index in [1.165, 1.54) is 12.5 Å². The SMILES string of the molecule is NC(=O)c1cc(CCOc2nnc(Nc3ccc(Cl)c(Cl)c3)c3ccoc23)ccn1. The molecule has 3 N–H and O–H groups in total. The van der Waals surface area contributed by atoms with Crippen LogP contribution in [0.15, 0.2) is 53.3 Å². The number of pyridine rings is 1. The summed E-state index contributed by atoms with van der Waals surface area (Å²) in [5, 5.41) is 13.0. The Morgan fingerprint density at radius 2 is 2.00 bits per heavy atom. The van der Waals surface area contributed by atoms with Crippen LogP contribution in [0.25, 0.3) is 11.0 Å². The van der Waals surface area contributed by atoms with E-state index < -0.39 is 5.91 Å². The molecule has 30 heavy (non-hydrogen) atoms. The van der Waals surface area contributed by atoms with Crippen molar-refractivity contribution in [3.8, 4) is 5.88 Å². The lowest BCUT2D eigenvalue weighted by Crippen LogP contribution is -2.13. The van der Waals surface area contributed by atoms with Crippen LogP contribution in [-0.4, -0.2) is 27.7 Å². The molecule has 152 valence electrons. The van der Waals surface area contributed by atoms with Crippen LogP contribution in [0.3, 0.4) is 0 Å². The second-order valence-electron chi connectivity index (χ2n) is 6.28. The number of primary amides is 1. The number of hydrogen-bond acceptors (Lipinski definition) is 7. The molecule has 0 bridgehead atoms. The monoisotopic (exact) mass is 443 g/mol. The van der Waals surface area contributed by atoms with Crippen molar-refractivity contribution in [1.82, 2.24) is 15.2 Å². The van der Waals surface area contributed by atoms with Gasteiger partial charge in [-0.15, -0.1) is 10.2 Å². The topological polar surface area (TPSA) is 116 Å². The Bertz CT molecular complexity index is 1230. The largest absolute Gasteiger partial charge is 0.474 e. The Morgan fingerprint density at radius 1 is 1.13 bits per heavy atom. The molecule has 0 aliphatic carbocycles. The predicted molar refractivity (Wildman–Crippen MR) is 114 cm³/mol. The van der Waals surface area contributed by atoms with Crippen molar-refractivity contribution in [3.05, 3.63) is 70.2 Å². The zero-order valence-corrected chi connectivity index (χ0v) is 16.9. The number of furan rings is 1. The van der Waals surface area contributed by atoms with Crippen molar-refractivity contribution < 1.29 is 13.9 Å². The number of aromatic nitrogens is 3. The number of nitrogens with two attached hydrogens (primary N) is 1. The van der Waals surface area contributed by atoms with Crippen molar-refractivity contribution in [2.75, 3.05) is 11.9 Å². The first kappa shape index (κ1) is 19.9. The molecule has 10 heteroatoms. The molecule has 3 heterocycles. The fourth-order valence-corrected chi connectivity index (χ4v) is 3.08. The summed E-state index contributed by atoms with van der Waals surface area (Å²) in [6.07, 6.45) is 3.59. The van der Waals surface area contributed by atoms with Crippen molar-refractivity contribution >= 4 is 51.6 Å². The van der Waals surface area contributed by atoms with E-state index in [0.29, 0.717) is 45.5 Å². The molecule has 8 nitrogen and oxygen atoms in total. The molecule has 0 saturated carbocycles. The fraction of sp³-hybridized carbons (Fsp3) is 0.100. The summed E-state index contributed by atoms with van der Waals surface area (Å²) in [6.45, 7) is 0.298. The van der Waals surface area contributed by atoms with E-state index in [1.54, 1.807) is 36.4 Å². The summed E-state index contributed by atoms with van der Waals surface area (Å²) in [6, 6.07) is 10.3. The standard InChI is InChI=1S/C20H15Cl2N5O3/c21-14-2-1-12(10-15(14)22)25-19-13-5-8-29-17(13)20(27-26-19)30-7-4-11-3-6-24-16(9-11)18(23)28/h1-3,5-6,8-10H,4,7H2,(H2,23,28)(H,25,26). The second-order valence-corrected chi connectivity index (χ2v) is 7.10. The molecule has 3 aromatic heterocycles. The van der Waals surface area contributed by atoms with E-state index in [4.69, 9.17) is 38.1 Å². The number of benzene rings is 1. The lowest BCUT2D eigenvalue weighted by Gasteiger charge is -2.09. The van der Waals surface area contributed by atoms with Crippen molar-refractivity contribution in [2.45, 2.75) is 6.42 Å². The lowest BCUT2D eigenvalue weighted by atomic mass is 10.2. The van der Waals surface area contributed by atoms with E-state index in [9.17, 15) is 4.79 Å². The van der Waals surface area contributed by atoms with Gasteiger partial charge < -0.3 is 20.2 Å². The first-order chi connectivity index (χ1) is 14.5. The number of amides is 1. The maximum absolute atomic E-state index is 11.2. The van der Waals surface area contributed by atoms with Gasteiger partial charge in [-0.05, 0) is 42.0 Å². The second kappa shape index (κ2) is 8.56. The molecule has 0 fully saturated rings. The Kier molecular flexibility index (Phi) is 5.69. The highest BCUT2D eigenvalue weighted by molar-refractivity contribution is 6.42. The molecular weight excluding hydrogens is 429 g/mol. The number of carbonyl (C=O) groups is 1. The molecule has 0 aliphatic heterocycles. The van der Waals surface area contributed by atoms with E-state index in [1.807, 2.05) is 0 Å². The average Bonchev–Trinajstić information content (AvgIpc) is 3.23. The first-order valence-corrected chi connectivity index (χ1v) is 9.60. The number of hydrogen-bond donors (Lipinski definition) is 2. The molecular formula is C20H15Cl2N5O3. The number of fused-ring (bicyclic) bond motifs is 1. The van der Waals surface area contributed by atoms with Crippen LogP contribution >= 0.6 is 23.2 Å². The van der Waals surface area contributed by atoms with Gasteiger partial charge in [-0.2, -0.15) is 0 Å². The summed E-state index contributed by atoms with van der Waals surface area (Å²) < 4.78 is 11.3. The number of anilines is 2. The number of nitrogens with zero attached hydrogens (tertiary/aromatic N) is 3. The van der Waals surface area contributed by atoms with Gasteiger partial charge >= 0.3 is 0 Å². The summed E-state index contributed by atoms with van der Waals surface area (Å²) in [7, 11) is 0. The number of rotatable bonds is 7. The van der Waals surface area contributed by atoms with Crippen molar-refractivity contribution in [3.63, 3.8) is 0 Å². The van der Waals surface area contributed by atoms with Crippen LogP contribution < -0.4 is 15.8 Å². The van der Waals surface area contributed by atoms with Crippen LogP contribution in [0.5, 0.6) is 5.88 Å². The van der Waals surface area contributed by atoms with Crippen molar-refractivity contribution in [2.24, 2.45) is 5.73 Å². The van der Waals surface area contributed by atoms with Crippen LogP contribution in [-0.2, 0) is 6.42 Å². The number of ether oxygens (including phenoxy) is 1. The molecule has 0 unspecified atom stereocenters. The van der Waals surface area contributed by atoms with Gasteiger partial charge in [0.1, 0.15) is 5.69 Å². The third kappa shape index (κ3) is 4.29. The smallest absolute Gasteiger partial charge is 0.277 e. The van der Waals surface area contributed by atoms with Gasteiger partial charge in [0, 0.05) is 18.3 Å². The van der Waals surface area contributed by atoms with Crippen LogP contribution in [0.4, 0.5) is 11.5 Å². The van der Waals surface area contributed by atoms with E-state index in [0.717, 1.165) is 5.56 Å². The molecule has 1 aromatic carbocycles. The minimum Gasteiger partial charge on any atom is -0.474 e. The highest BCUT2D eigenvalue weighted by Gasteiger charge is 2.14. The number of carbonyl (C=O) groups excluding carboxylic acids is 1. The number of nitrogens with one attached hydrogen (secondary N) is 1. The summed E-state index contributed by atoms with van der Waals surface area (Å²) >= 11 is 12.0. The van der Waals surface area contributed by atoms with Gasteiger partial charge in [0.25, 0.3) is 11.8 Å². The van der Waals surface area contributed by atoms with E-state index >= 15 is 0 Å². The third-order valence-corrected chi connectivity index (χ3v) is 4.98. The summed E-state index contributed by atoms with van der Waals surface area (Å²) in [5.74, 6) is 0.176. The van der Waals surface area contributed by atoms with Crippen LogP contribution in [0, 0.1) is 0 Å². The minimum absolute atomic E-state index is 0.207. The highest BCUT2D eigenvalue weighted by Crippen LogP contribution is 2.32. The average molecular weight is 444 g/mol. The zero-order chi connectivity index (χ0) is 21.1.